The molecular formula is C59H84N14O16. The van der Waals surface area contributed by atoms with Gasteiger partial charge in [-0.2, -0.15) is 0 Å². The lowest BCUT2D eigenvalue weighted by Crippen LogP contribution is -2.62. The number of amides is 9. The molecular weight excluding hydrogens is 1160 g/mol. The number of unbranched alkanes of at least 4 members (excludes halogenated alkanes) is 1. The van der Waals surface area contributed by atoms with E-state index in [-0.39, 0.29) is 89.1 Å². The highest BCUT2D eigenvalue weighted by Gasteiger charge is 2.42. The van der Waals surface area contributed by atoms with Gasteiger partial charge in [0.15, 0.2) is 12.0 Å². The number of hydrogen-bond acceptors (Lipinski definition) is 17. The molecule has 1 heterocycles. The molecule has 89 heavy (non-hydrogen) atoms. The summed E-state index contributed by atoms with van der Waals surface area (Å²) in [6.07, 6.45) is -3.14. The zero-order chi connectivity index (χ0) is 65.7. The fourth-order valence-electron chi connectivity index (χ4n) is 9.53. The average Bonchev–Trinajstić information content (AvgIpc) is 3.72. The smallest absolute Gasteiger partial charge is 0.328 e. The van der Waals surface area contributed by atoms with Crippen molar-refractivity contribution in [1.82, 2.24) is 47.4 Å². The van der Waals surface area contributed by atoms with Crippen LogP contribution < -0.4 is 65.5 Å². The Morgan fingerprint density at radius 1 is 0.584 bits per heavy atom. The number of nitrogens with zero attached hydrogens (tertiary/aromatic N) is 2. The predicted octanol–water partition coefficient (Wildman–Crippen LogP) is -3.86. The highest BCUT2D eigenvalue weighted by Crippen LogP contribution is 2.21. The number of phenolic OH excluding ortho intramolecular Hbond substituents is 1. The largest absolute Gasteiger partial charge is 0.508 e. The molecule has 9 amide bonds. The van der Waals surface area contributed by atoms with E-state index in [1.807, 2.05) is 0 Å². The van der Waals surface area contributed by atoms with Crippen LogP contribution in [0.5, 0.6) is 5.75 Å². The molecule has 3 aromatic rings. The van der Waals surface area contributed by atoms with E-state index in [9.17, 15) is 73.2 Å². The Labute approximate surface area is 514 Å². The number of likely N-dealkylation sites (tertiary alicyclic amines) is 1. The zero-order valence-corrected chi connectivity index (χ0v) is 49.7. The number of aliphatic imine (C=N–C) groups is 1. The molecule has 30 nitrogen and oxygen atoms in total. The van der Waals surface area contributed by atoms with Crippen LogP contribution in [0, 0.1) is 0 Å². The lowest BCUT2D eigenvalue weighted by atomic mass is 10.0. The maximum atomic E-state index is 14.8. The Hall–Kier alpha value is -9.26. The lowest BCUT2D eigenvalue weighted by molar-refractivity contribution is -0.146. The molecule has 0 aliphatic carbocycles. The standard InChI is InChI=1S/C59H84N14O16/c1-33(74)48(57(87)73-28-12-19-45(73)56(86)68-41(17-9-10-26-60)52(82)72-49(34(2)75)58(88)89)71-55(85)44(31-37-20-22-38(76)23-21-37)70-54(84)43(30-36-15-7-4-8-16-36)69-53(83)42(29-35-13-5-3-6-14-35)66-46(77)32-65-51(81)40(18-11-27-64-59(62)63)67-50(80)39(61)24-25-47(78)79/h3-8,13-16,20-23,33-34,39-45,48-49,74-76H,9-12,17-19,24-32,60-61H2,1-2H3,(H,65,81)(H,66,77)(H,67,80)(H,68,86)(H,69,83)(H,70,84)(H,71,85)(H,72,82)(H,78,79)(H,88,89)(H4,62,63,64)/t33-,34-,39+,40+,41+,42+,43+,44+,45+,48+,49+/m1/s1. The number of nitrogens with one attached hydrogen (secondary N) is 8. The number of carboxylic acids is 2. The maximum Gasteiger partial charge on any atom is 0.328 e. The second-order valence-electron chi connectivity index (χ2n) is 21.6. The molecule has 0 bridgehead atoms. The summed E-state index contributed by atoms with van der Waals surface area (Å²) < 4.78 is 0. The lowest BCUT2D eigenvalue weighted by Gasteiger charge is -2.32. The Bertz CT molecular complexity index is 2900. The first-order chi connectivity index (χ1) is 42.3. The van der Waals surface area contributed by atoms with E-state index in [0.717, 1.165) is 4.90 Å². The first-order valence-electron chi connectivity index (χ1n) is 29.2. The van der Waals surface area contributed by atoms with Crippen molar-refractivity contribution < 1.29 is 78.3 Å². The SMILES string of the molecule is C[C@@H](O)[C@H](NC(=O)[C@H](CCCCN)NC(=O)[C@@H]1CCCN1C(=O)[C@@H](NC(=O)[C@H](Cc1ccc(O)cc1)NC(=O)[C@H](Cc1ccccc1)NC(=O)[C@H](Cc1ccccc1)NC(=O)CNC(=O)[C@H](CCCN=C(N)N)NC(=O)[C@@H](N)CCC(=O)O)[C@@H](C)O)C(=O)O. The van der Waals surface area contributed by atoms with Gasteiger partial charge in [-0.15, -0.1) is 0 Å². The van der Waals surface area contributed by atoms with E-state index in [2.05, 4.69) is 47.5 Å². The molecule has 11 atom stereocenters. The molecule has 4 rings (SSSR count). The van der Waals surface area contributed by atoms with E-state index in [1.54, 1.807) is 60.7 Å². The van der Waals surface area contributed by atoms with Gasteiger partial charge in [-0.25, -0.2) is 4.79 Å². The van der Waals surface area contributed by atoms with Gasteiger partial charge in [0.2, 0.25) is 53.2 Å². The van der Waals surface area contributed by atoms with E-state index in [1.165, 1.54) is 38.1 Å². The average molecular weight is 1250 g/mol. The van der Waals surface area contributed by atoms with Gasteiger partial charge in [0.25, 0.3) is 0 Å². The number of carboxylic acid groups (broad SMARTS) is 2. The van der Waals surface area contributed by atoms with Gasteiger partial charge < -0.3 is 95.9 Å². The van der Waals surface area contributed by atoms with Crippen molar-refractivity contribution in [3.05, 3.63) is 102 Å². The number of guanidine groups is 1. The van der Waals surface area contributed by atoms with Crippen molar-refractivity contribution in [3.8, 4) is 5.75 Å². The molecule has 0 spiro atoms. The van der Waals surface area contributed by atoms with E-state index in [4.69, 9.17) is 28.0 Å². The molecule has 1 saturated heterocycles. The molecule has 0 unspecified atom stereocenters. The van der Waals surface area contributed by atoms with Gasteiger partial charge in [-0.05, 0) is 101 Å². The van der Waals surface area contributed by atoms with Gasteiger partial charge >= 0.3 is 11.9 Å². The van der Waals surface area contributed by atoms with Crippen LogP contribution in [0.2, 0.25) is 0 Å². The first kappa shape index (κ1) is 72.2. The molecule has 0 saturated carbocycles. The summed E-state index contributed by atoms with van der Waals surface area (Å²) >= 11 is 0. The van der Waals surface area contributed by atoms with Crippen LogP contribution in [0.25, 0.3) is 0 Å². The number of phenols is 1. The summed E-state index contributed by atoms with van der Waals surface area (Å²) in [5.41, 5.74) is 23.9. The molecule has 3 aromatic carbocycles. The third-order valence-corrected chi connectivity index (χ3v) is 14.4. The minimum Gasteiger partial charge on any atom is -0.508 e. The fraction of sp³-hybridized carbons (Fsp3) is 0.492. The summed E-state index contributed by atoms with van der Waals surface area (Å²) in [6.45, 7) is 1.92. The van der Waals surface area contributed by atoms with Crippen LogP contribution in [0.4, 0.5) is 0 Å². The third-order valence-electron chi connectivity index (χ3n) is 14.4. The fourth-order valence-corrected chi connectivity index (χ4v) is 9.53. The molecule has 1 aliphatic heterocycles. The van der Waals surface area contributed by atoms with E-state index >= 15 is 0 Å². The van der Waals surface area contributed by atoms with Crippen LogP contribution in [0.15, 0.2) is 89.9 Å². The topological polar surface area (TPSA) is 505 Å². The van der Waals surface area contributed by atoms with Crippen LogP contribution in [-0.4, -0.2) is 194 Å². The quantitative estimate of drug-likeness (QED) is 0.0149. The Morgan fingerprint density at radius 2 is 1.07 bits per heavy atom. The van der Waals surface area contributed by atoms with Crippen LogP contribution >= 0.6 is 0 Å². The summed E-state index contributed by atoms with van der Waals surface area (Å²) in [7, 11) is 0. The number of aliphatic carboxylic acids is 2. The monoisotopic (exact) mass is 1240 g/mol. The number of aliphatic hydroxyl groups is 2. The molecule has 0 radical (unpaired) electrons. The van der Waals surface area contributed by atoms with E-state index in [0.29, 0.717) is 29.5 Å². The van der Waals surface area contributed by atoms with Crippen molar-refractivity contribution in [2.24, 2.45) is 27.9 Å². The number of rotatable bonds is 37. The number of benzene rings is 3. The van der Waals surface area contributed by atoms with Gasteiger partial charge in [-0.3, -0.25) is 52.9 Å². The van der Waals surface area contributed by atoms with Crippen LogP contribution in [0.3, 0.4) is 0 Å². The van der Waals surface area contributed by atoms with Crippen LogP contribution in [0.1, 0.15) is 88.3 Å². The van der Waals surface area contributed by atoms with Gasteiger partial charge in [0.05, 0.1) is 24.8 Å². The van der Waals surface area contributed by atoms with Crippen molar-refractivity contribution in [2.45, 2.75) is 157 Å². The van der Waals surface area contributed by atoms with Crippen molar-refractivity contribution in [3.63, 3.8) is 0 Å². The predicted molar refractivity (Wildman–Crippen MR) is 322 cm³/mol. The molecule has 1 fully saturated rings. The number of carbonyl (C=O) groups excluding carboxylic acids is 9. The highest BCUT2D eigenvalue weighted by atomic mass is 16.4. The Balaban J connectivity index is 1.61. The molecule has 21 N–H and O–H groups in total. The molecule has 486 valence electrons. The number of aliphatic hydroxyl groups excluding tert-OH is 2. The van der Waals surface area contributed by atoms with Gasteiger partial charge in [0.1, 0.15) is 48.0 Å². The van der Waals surface area contributed by atoms with Crippen molar-refractivity contribution in [1.29, 1.82) is 0 Å². The maximum absolute atomic E-state index is 14.8. The Kier molecular flexibility index (Phi) is 29.8. The van der Waals surface area contributed by atoms with Gasteiger partial charge in [0, 0.05) is 38.8 Å². The summed E-state index contributed by atoms with van der Waals surface area (Å²) in [4.78, 5) is 154. The Morgan fingerprint density at radius 3 is 1.58 bits per heavy atom. The number of nitrogens with two attached hydrogens (primary N) is 4. The summed E-state index contributed by atoms with van der Waals surface area (Å²) in [5.74, 6) is -11.1. The summed E-state index contributed by atoms with van der Waals surface area (Å²) in [6, 6.07) is 9.38. The summed E-state index contributed by atoms with van der Waals surface area (Å²) in [5, 5.41) is 70.2. The molecule has 30 heteroatoms. The number of aromatic hydroxyl groups is 1. The number of hydrogen-bond donors (Lipinski definition) is 17. The zero-order valence-electron chi connectivity index (χ0n) is 49.7. The second-order valence-corrected chi connectivity index (χ2v) is 21.6. The second kappa shape index (κ2) is 36.8. The molecule has 1 aliphatic rings. The minimum atomic E-state index is -1.75. The van der Waals surface area contributed by atoms with E-state index < -0.39 is 145 Å². The number of carbonyl (C=O) groups is 11. The first-order valence-corrected chi connectivity index (χ1v) is 29.2. The normalized spacial score (nSPS) is 16.1. The van der Waals surface area contributed by atoms with Crippen molar-refractivity contribution in [2.75, 3.05) is 26.2 Å². The molecule has 0 aromatic heterocycles. The van der Waals surface area contributed by atoms with Gasteiger partial charge in [-0.1, -0.05) is 72.8 Å². The minimum absolute atomic E-state index is 0.0128. The van der Waals surface area contributed by atoms with Crippen molar-refractivity contribution >= 4 is 71.1 Å². The van der Waals surface area contributed by atoms with Crippen LogP contribution in [-0.2, 0) is 72.0 Å². The highest BCUT2D eigenvalue weighted by molar-refractivity contribution is 5.99. The third kappa shape index (κ3) is 24.8.